The quantitative estimate of drug-likeness (QED) is 0.628. The number of carboxylic acids is 1. The summed E-state index contributed by atoms with van der Waals surface area (Å²) in [6.07, 6.45) is 2.56. The molecule has 0 saturated carbocycles. The van der Waals surface area contributed by atoms with Gasteiger partial charge in [0, 0.05) is 31.4 Å². The molecule has 9 nitrogen and oxygen atoms in total. The van der Waals surface area contributed by atoms with Crippen LogP contribution in [0.25, 0.3) is 0 Å². The Morgan fingerprint density at radius 1 is 1.15 bits per heavy atom. The number of hydrogen-bond donors (Lipinski definition) is 4. The third kappa shape index (κ3) is 4.43. The molecule has 1 amide bonds. The maximum absolute atomic E-state index is 11.1. The number of rotatable bonds is 5. The van der Waals surface area contributed by atoms with Crippen LogP contribution in [0, 0.1) is 5.92 Å². The standard InChI is InChI=1S/C18H22N6O3/c1-11(25)22-13-2-4-14(5-3-13)23-16-15(19)17(21-10-20-16)24-8-6-12(7-9-24)18(26)27/h2-5,10,12H,6-9,19H2,1H3,(H,22,25)(H,26,27)(H,20,21,23). The van der Waals surface area contributed by atoms with Gasteiger partial charge < -0.3 is 26.4 Å². The molecule has 1 aliphatic rings. The first kappa shape index (κ1) is 18.4. The molecule has 2 heterocycles. The van der Waals surface area contributed by atoms with Gasteiger partial charge in [-0.05, 0) is 37.1 Å². The number of nitrogens with zero attached hydrogens (tertiary/aromatic N) is 3. The van der Waals surface area contributed by atoms with E-state index in [1.54, 1.807) is 12.1 Å². The van der Waals surface area contributed by atoms with Gasteiger partial charge >= 0.3 is 5.97 Å². The van der Waals surface area contributed by atoms with E-state index in [0.717, 1.165) is 5.69 Å². The number of nitrogen functional groups attached to an aromatic ring is 1. The lowest BCUT2D eigenvalue weighted by Crippen LogP contribution is -2.37. The maximum atomic E-state index is 11.1. The van der Waals surface area contributed by atoms with Gasteiger partial charge in [0.15, 0.2) is 11.6 Å². The second-order valence-corrected chi connectivity index (χ2v) is 6.44. The van der Waals surface area contributed by atoms with Gasteiger partial charge in [-0.1, -0.05) is 0 Å². The molecule has 27 heavy (non-hydrogen) atoms. The monoisotopic (exact) mass is 370 g/mol. The summed E-state index contributed by atoms with van der Waals surface area (Å²) < 4.78 is 0. The second kappa shape index (κ2) is 7.90. The molecular weight excluding hydrogens is 348 g/mol. The molecule has 0 aliphatic carbocycles. The number of anilines is 5. The Kier molecular flexibility index (Phi) is 5.39. The molecule has 0 unspecified atom stereocenters. The summed E-state index contributed by atoms with van der Waals surface area (Å²) in [7, 11) is 0. The molecule has 0 spiro atoms. The highest BCUT2D eigenvalue weighted by atomic mass is 16.4. The predicted molar refractivity (Wildman–Crippen MR) is 103 cm³/mol. The van der Waals surface area contributed by atoms with Crippen molar-refractivity contribution < 1.29 is 14.7 Å². The number of piperidine rings is 1. The molecule has 1 aromatic heterocycles. The van der Waals surface area contributed by atoms with Crippen LogP contribution in [-0.2, 0) is 9.59 Å². The normalized spacial score (nSPS) is 14.6. The Balaban J connectivity index is 1.71. The van der Waals surface area contributed by atoms with Crippen LogP contribution in [0.15, 0.2) is 30.6 Å². The van der Waals surface area contributed by atoms with Gasteiger partial charge in [-0.2, -0.15) is 0 Å². The SMILES string of the molecule is CC(=O)Nc1ccc(Nc2ncnc(N3CCC(C(=O)O)CC3)c2N)cc1. The van der Waals surface area contributed by atoms with Gasteiger partial charge in [-0.3, -0.25) is 9.59 Å². The van der Waals surface area contributed by atoms with E-state index in [4.69, 9.17) is 10.8 Å². The predicted octanol–water partition coefficient (Wildman–Crippen LogP) is 2.06. The lowest BCUT2D eigenvalue weighted by Gasteiger charge is -2.31. The highest BCUT2D eigenvalue weighted by Crippen LogP contribution is 2.31. The zero-order chi connectivity index (χ0) is 19.4. The van der Waals surface area contributed by atoms with E-state index in [9.17, 15) is 9.59 Å². The van der Waals surface area contributed by atoms with Gasteiger partial charge in [0.25, 0.3) is 0 Å². The number of carbonyl (C=O) groups is 2. The Hall–Kier alpha value is -3.36. The van der Waals surface area contributed by atoms with Crippen LogP contribution in [-0.4, -0.2) is 40.0 Å². The van der Waals surface area contributed by atoms with Crippen LogP contribution >= 0.6 is 0 Å². The van der Waals surface area contributed by atoms with Crippen LogP contribution in [0.4, 0.5) is 28.7 Å². The molecular formula is C18H22N6O3. The Morgan fingerprint density at radius 3 is 2.37 bits per heavy atom. The first-order chi connectivity index (χ1) is 12.9. The summed E-state index contributed by atoms with van der Waals surface area (Å²) in [6, 6.07) is 7.17. The Labute approximate surface area is 156 Å². The second-order valence-electron chi connectivity index (χ2n) is 6.44. The van der Waals surface area contributed by atoms with Crippen LogP contribution < -0.4 is 21.3 Å². The fraction of sp³-hybridized carbons (Fsp3) is 0.333. The first-order valence-corrected chi connectivity index (χ1v) is 8.67. The van der Waals surface area contributed by atoms with Gasteiger partial charge in [0.1, 0.15) is 12.0 Å². The van der Waals surface area contributed by atoms with Crippen molar-refractivity contribution in [3.8, 4) is 0 Å². The summed E-state index contributed by atoms with van der Waals surface area (Å²) in [5.41, 5.74) is 8.13. The molecule has 142 valence electrons. The molecule has 1 saturated heterocycles. The van der Waals surface area contributed by atoms with Crippen LogP contribution in [0.1, 0.15) is 19.8 Å². The number of nitrogens with two attached hydrogens (primary N) is 1. The van der Waals surface area contributed by atoms with Crippen molar-refractivity contribution in [3.05, 3.63) is 30.6 Å². The molecule has 3 rings (SSSR count). The number of carbonyl (C=O) groups excluding carboxylic acids is 1. The number of benzene rings is 1. The van der Waals surface area contributed by atoms with Crippen molar-refractivity contribution in [1.82, 2.24) is 9.97 Å². The third-order valence-electron chi connectivity index (χ3n) is 4.47. The summed E-state index contributed by atoms with van der Waals surface area (Å²) in [5, 5.41) is 15.0. The molecule has 0 radical (unpaired) electrons. The lowest BCUT2D eigenvalue weighted by molar-refractivity contribution is -0.142. The van der Waals surface area contributed by atoms with E-state index in [-0.39, 0.29) is 11.8 Å². The fourth-order valence-corrected chi connectivity index (χ4v) is 3.05. The highest BCUT2D eigenvalue weighted by molar-refractivity contribution is 5.89. The van der Waals surface area contributed by atoms with E-state index in [0.29, 0.717) is 48.9 Å². The molecule has 9 heteroatoms. The van der Waals surface area contributed by atoms with Crippen molar-refractivity contribution in [2.75, 3.05) is 34.4 Å². The molecule has 0 atom stereocenters. The van der Waals surface area contributed by atoms with Crippen molar-refractivity contribution in [1.29, 1.82) is 0 Å². The number of carboxylic acid groups (broad SMARTS) is 1. The highest BCUT2D eigenvalue weighted by Gasteiger charge is 2.26. The minimum Gasteiger partial charge on any atom is -0.481 e. The Morgan fingerprint density at radius 2 is 1.78 bits per heavy atom. The van der Waals surface area contributed by atoms with E-state index in [1.165, 1.54) is 13.3 Å². The van der Waals surface area contributed by atoms with E-state index in [2.05, 4.69) is 20.6 Å². The minimum absolute atomic E-state index is 0.132. The van der Waals surface area contributed by atoms with Crippen molar-refractivity contribution >= 4 is 40.6 Å². The van der Waals surface area contributed by atoms with Crippen molar-refractivity contribution in [2.45, 2.75) is 19.8 Å². The molecule has 5 N–H and O–H groups in total. The van der Waals surface area contributed by atoms with E-state index in [1.807, 2.05) is 17.0 Å². The summed E-state index contributed by atoms with van der Waals surface area (Å²) in [6.45, 7) is 2.63. The Bertz CT molecular complexity index is 831. The number of hydrogen-bond acceptors (Lipinski definition) is 7. The van der Waals surface area contributed by atoms with E-state index >= 15 is 0 Å². The van der Waals surface area contributed by atoms with Gasteiger partial charge in [-0.25, -0.2) is 9.97 Å². The van der Waals surface area contributed by atoms with E-state index < -0.39 is 5.97 Å². The average molecular weight is 370 g/mol. The van der Waals surface area contributed by atoms with Crippen molar-refractivity contribution in [3.63, 3.8) is 0 Å². The summed E-state index contributed by atoms with van der Waals surface area (Å²) in [4.78, 5) is 32.7. The van der Waals surface area contributed by atoms with Crippen molar-refractivity contribution in [2.24, 2.45) is 5.92 Å². The largest absolute Gasteiger partial charge is 0.481 e. The first-order valence-electron chi connectivity index (χ1n) is 8.67. The van der Waals surface area contributed by atoms with Crippen LogP contribution in [0.5, 0.6) is 0 Å². The molecule has 2 aromatic rings. The summed E-state index contributed by atoms with van der Waals surface area (Å²) >= 11 is 0. The zero-order valence-electron chi connectivity index (χ0n) is 15.0. The minimum atomic E-state index is -0.754. The van der Waals surface area contributed by atoms with Gasteiger partial charge in [0.05, 0.1) is 5.92 Å². The zero-order valence-corrected chi connectivity index (χ0v) is 15.0. The molecule has 0 bridgehead atoms. The smallest absolute Gasteiger partial charge is 0.306 e. The van der Waals surface area contributed by atoms with Gasteiger partial charge in [-0.15, -0.1) is 0 Å². The lowest BCUT2D eigenvalue weighted by atomic mass is 9.97. The summed E-state index contributed by atoms with van der Waals surface area (Å²) in [5.74, 6) is -0.120. The maximum Gasteiger partial charge on any atom is 0.306 e. The van der Waals surface area contributed by atoms with Gasteiger partial charge in [0.2, 0.25) is 5.91 Å². The third-order valence-corrected chi connectivity index (χ3v) is 4.47. The number of amides is 1. The number of aliphatic carboxylic acids is 1. The molecule has 1 aromatic carbocycles. The number of aromatic nitrogens is 2. The topological polar surface area (TPSA) is 133 Å². The molecule has 1 aliphatic heterocycles. The number of nitrogens with one attached hydrogen (secondary N) is 2. The average Bonchev–Trinajstić information content (AvgIpc) is 2.65. The molecule has 1 fully saturated rings. The van der Waals surface area contributed by atoms with Crippen LogP contribution in [0.3, 0.4) is 0 Å². The van der Waals surface area contributed by atoms with Crippen LogP contribution in [0.2, 0.25) is 0 Å². The fourth-order valence-electron chi connectivity index (χ4n) is 3.05.